The summed E-state index contributed by atoms with van der Waals surface area (Å²) in [6.07, 6.45) is 11.3. The van der Waals surface area contributed by atoms with Crippen molar-refractivity contribution in [1.29, 1.82) is 0 Å². The molecule has 3 unspecified atom stereocenters. The van der Waals surface area contributed by atoms with Gasteiger partial charge in [-0.25, -0.2) is 0 Å². The van der Waals surface area contributed by atoms with Gasteiger partial charge in [-0.05, 0) is 73.5 Å². The molecule has 158 valence electrons. The van der Waals surface area contributed by atoms with Crippen molar-refractivity contribution in [3.05, 3.63) is 59.6 Å². The average Bonchev–Trinajstić information content (AvgIpc) is 3.39. The molecule has 1 saturated carbocycles. The molecule has 2 heterocycles. The predicted octanol–water partition coefficient (Wildman–Crippen LogP) is 3.82. The summed E-state index contributed by atoms with van der Waals surface area (Å²) in [7, 11) is 1.94. The molecule has 0 radical (unpaired) electrons. The Kier molecular flexibility index (Phi) is 4.73. The summed E-state index contributed by atoms with van der Waals surface area (Å²) in [5.74, 6) is 1.13. The van der Waals surface area contributed by atoms with Gasteiger partial charge in [-0.1, -0.05) is 13.0 Å². The monoisotopic (exact) mass is 406 g/mol. The maximum atomic E-state index is 13.2. The molecular weight excluding hydrogens is 376 g/mol. The number of likely N-dealkylation sites (tertiary alicyclic amines) is 1. The third-order valence-electron chi connectivity index (χ3n) is 7.46. The number of nitrogens with zero attached hydrogens (tertiary/aromatic N) is 2. The lowest BCUT2D eigenvalue weighted by Gasteiger charge is -2.58. The number of aromatic hydroxyl groups is 1. The number of hydrogen-bond acceptors (Lipinski definition) is 4. The highest BCUT2D eigenvalue weighted by atomic mass is 16.3. The highest BCUT2D eigenvalue weighted by Gasteiger charge is 2.53. The van der Waals surface area contributed by atoms with E-state index in [1.165, 1.54) is 24.0 Å². The number of piperidine rings is 1. The molecule has 5 heteroatoms. The third-order valence-corrected chi connectivity index (χ3v) is 7.46. The Hall–Kier alpha value is -2.53. The van der Waals surface area contributed by atoms with Gasteiger partial charge in [-0.15, -0.1) is 0 Å². The molecule has 3 atom stereocenters. The molecule has 1 aromatic carbocycles. The van der Waals surface area contributed by atoms with Crippen LogP contribution in [0.3, 0.4) is 0 Å². The van der Waals surface area contributed by atoms with Gasteiger partial charge in [-0.3, -0.25) is 9.69 Å². The van der Waals surface area contributed by atoms with Gasteiger partial charge in [0.2, 0.25) is 5.91 Å². The molecule has 5 rings (SSSR count). The number of furan rings is 1. The number of fused-ring (bicyclic) bond motifs is 4. The fourth-order valence-corrected chi connectivity index (χ4v) is 5.68. The molecule has 30 heavy (non-hydrogen) atoms. The number of phenols is 1. The quantitative estimate of drug-likeness (QED) is 0.767. The smallest absolute Gasteiger partial charge is 0.246 e. The normalized spacial score (nSPS) is 28.5. The van der Waals surface area contributed by atoms with Gasteiger partial charge in [0.1, 0.15) is 5.75 Å². The minimum Gasteiger partial charge on any atom is -0.508 e. The first-order valence-electron chi connectivity index (χ1n) is 11.0. The van der Waals surface area contributed by atoms with Crippen LogP contribution in [0.15, 0.2) is 47.3 Å². The number of carbonyl (C=O) groups is 1. The number of likely N-dealkylation sites (N-methyl/N-ethyl adjacent to an activating group) is 1. The highest BCUT2D eigenvalue weighted by molar-refractivity contribution is 5.92. The summed E-state index contributed by atoms with van der Waals surface area (Å²) in [6.45, 7) is 4.47. The Labute approximate surface area is 178 Å². The van der Waals surface area contributed by atoms with Crippen molar-refractivity contribution >= 4 is 12.0 Å². The second-order valence-corrected chi connectivity index (χ2v) is 9.50. The van der Waals surface area contributed by atoms with Crippen LogP contribution in [0.5, 0.6) is 5.75 Å². The van der Waals surface area contributed by atoms with E-state index in [0.29, 0.717) is 11.8 Å². The molecule has 1 aliphatic heterocycles. The molecule has 1 N–H and O–H groups in total. The number of benzene rings is 1. The molecule has 1 aromatic heterocycles. The summed E-state index contributed by atoms with van der Waals surface area (Å²) in [4.78, 5) is 17.7. The van der Waals surface area contributed by atoms with E-state index < -0.39 is 0 Å². The van der Waals surface area contributed by atoms with Crippen LogP contribution in [0, 0.1) is 5.92 Å². The summed E-state index contributed by atoms with van der Waals surface area (Å²) >= 11 is 0. The van der Waals surface area contributed by atoms with Crippen molar-refractivity contribution in [2.24, 2.45) is 5.92 Å². The zero-order valence-electron chi connectivity index (χ0n) is 17.8. The lowest BCUT2D eigenvalue weighted by molar-refractivity contribution is -0.132. The van der Waals surface area contributed by atoms with E-state index in [4.69, 9.17) is 4.42 Å². The van der Waals surface area contributed by atoms with Crippen molar-refractivity contribution in [2.45, 2.75) is 50.1 Å². The Morgan fingerprint density at radius 2 is 2.20 bits per heavy atom. The molecule has 1 saturated heterocycles. The van der Waals surface area contributed by atoms with E-state index in [1.807, 2.05) is 30.2 Å². The van der Waals surface area contributed by atoms with Gasteiger partial charge in [0, 0.05) is 36.7 Å². The number of phenolic OH excluding ortho intramolecular Hbond substituents is 1. The van der Waals surface area contributed by atoms with Crippen LogP contribution in [-0.4, -0.2) is 53.0 Å². The van der Waals surface area contributed by atoms with Crippen LogP contribution in [-0.2, 0) is 16.6 Å². The van der Waals surface area contributed by atoms with Crippen LogP contribution in [0.25, 0.3) is 6.08 Å². The van der Waals surface area contributed by atoms with Gasteiger partial charge in [0.25, 0.3) is 0 Å². The number of carbonyl (C=O) groups excluding carboxylic acids is 1. The van der Waals surface area contributed by atoms with E-state index in [0.717, 1.165) is 37.4 Å². The maximum absolute atomic E-state index is 13.2. The number of hydrogen-bond donors (Lipinski definition) is 1. The van der Waals surface area contributed by atoms with E-state index in [-0.39, 0.29) is 17.4 Å². The summed E-state index contributed by atoms with van der Waals surface area (Å²) in [5.41, 5.74) is 3.22. The lowest BCUT2D eigenvalue weighted by atomic mass is 9.61. The Morgan fingerprint density at radius 1 is 1.37 bits per heavy atom. The first-order chi connectivity index (χ1) is 14.5. The summed E-state index contributed by atoms with van der Waals surface area (Å²) in [6, 6.07) is 8.02. The van der Waals surface area contributed by atoms with Crippen molar-refractivity contribution in [3.8, 4) is 5.75 Å². The first-order valence-corrected chi connectivity index (χ1v) is 11.0. The van der Waals surface area contributed by atoms with Crippen LogP contribution in [0.2, 0.25) is 0 Å². The van der Waals surface area contributed by atoms with Crippen LogP contribution in [0.1, 0.15) is 42.9 Å². The van der Waals surface area contributed by atoms with E-state index in [2.05, 4.69) is 17.9 Å². The minimum absolute atomic E-state index is 0.00861. The van der Waals surface area contributed by atoms with Gasteiger partial charge in [-0.2, -0.15) is 0 Å². The molecule has 2 bridgehead atoms. The van der Waals surface area contributed by atoms with Crippen molar-refractivity contribution < 1.29 is 14.3 Å². The predicted molar refractivity (Wildman–Crippen MR) is 116 cm³/mol. The van der Waals surface area contributed by atoms with Crippen LogP contribution in [0.4, 0.5) is 0 Å². The van der Waals surface area contributed by atoms with Crippen molar-refractivity contribution in [3.63, 3.8) is 0 Å². The highest BCUT2D eigenvalue weighted by Crippen LogP contribution is 2.48. The van der Waals surface area contributed by atoms with Gasteiger partial charge < -0.3 is 14.4 Å². The average molecular weight is 407 g/mol. The topological polar surface area (TPSA) is 56.9 Å². The molecular formula is C25H30N2O3. The first kappa shape index (κ1) is 19.4. The fourth-order valence-electron chi connectivity index (χ4n) is 5.68. The van der Waals surface area contributed by atoms with E-state index >= 15 is 0 Å². The maximum Gasteiger partial charge on any atom is 0.246 e. The summed E-state index contributed by atoms with van der Waals surface area (Å²) in [5, 5.41) is 10.2. The molecule has 2 aliphatic carbocycles. The zero-order valence-corrected chi connectivity index (χ0v) is 17.8. The Morgan fingerprint density at radius 3 is 2.93 bits per heavy atom. The second kappa shape index (κ2) is 7.31. The molecule has 1 amide bonds. The number of rotatable bonds is 5. The standard InChI is InChI=1S/C25H30N2O3/c1-25-10-11-27(15-17-3-4-17)22(13-19-6-7-20(28)14-21(19)25)24(25)26(2)23(29)8-5-18-9-12-30-16-18/h5-9,12,14,16-17,22,24,28H,3-4,10-11,13,15H2,1-2H3. The van der Waals surface area contributed by atoms with E-state index in [1.54, 1.807) is 24.7 Å². The molecule has 3 aliphatic rings. The van der Waals surface area contributed by atoms with Crippen molar-refractivity contribution in [2.75, 3.05) is 20.1 Å². The molecule has 2 fully saturated rings. The number of amides is 1. The zero-order chi connectivity index (χ0) is 20.9. The molecule has 2 aromatic rings. The van der Waals surface area contributed by atoms with Crippen LogP contribution < -0.4 is 0 Å². The minimum atomic E-state index is -0.176. The Balaban J connectivity index is 1.49. The fraction of sp³-hybridized carbons (Fsp3) is 0.480. The van der Waals surface area contributed by atoms with Gasteiger partial charge in [0.15, 0.2) is 0 Å². The third kappa shape index (κ3) is 3.35. The largest absolute Gasteiger partial charge is 0.508 e. The molecule has 5 nitrogen and oxygen atoms in total. The van der Waals surface area contributed by atoms with Crippen molar-refractivity contribution in [1.82, 2.24) is 9.80 Å². The Bertz CT molecular complexity index is 963. The second-order valence-electron chi connectivity index (χ2n) is 9.50. The van der Waals surface area contributed by atoms with E-state index in [9.17, 15) is 9.90 Å². The SMILES string of the molecule is CN(C(=O)C=Cc1ccoc1)C1C2Cc3ccc(O)cc3C1(C)CCN2CC1CC1. The van der Waals surface area contributed by atoms with Crippen LogP contribution >= 0.6 is 0 Å². The summed E-state index contributed by atoms with van der Waals surface area (Å²) < 4.78 is 5.10. The van der Waals surface area contributed by atoms with Gasteiger partial charge >= 0.3 is 0 Å². The lowest BCUT2D eigenvalue weighted by Crippen LogP contribution is -2.68. The molecule has 0 spiro atoms. The van der Waals surface area contributed by atoms with Gasteiger partial charge in [0.05, 0.1) is 18.6 Å².